The fourth-order valence-electron chi connectivity index (χ4n) is 3.97. The maximum absolute atomic E-state index is 4.22. The Morgan fingerprint density at radius 2 is 2.00 bits per heavy atom. The second-order valence-electron chi connectivity index (χ2n) is 7.06. The largest absolute Gasteiger partial charge is 0.383 e. The van der Waals surface area contributed by atoms with Gasteiger partial charge in [-0.05, 0) is 44.4 Å². The minimum absolute atomic E-state index is 0.239. The van der Waals surface area contributed by atoms with Crippen LogP contribution in [0.5, 0.6) is 0 Å². The molecule has 0 saturated carbocycles. The summed E-state index contributed by atoms with van der Waals surface area (Å²) in [7, 11) is 0. The Hall–Kier alpha value is -0.720. The number of nitrogens with one attached hydrogen (secondary N) is 1. The van der Waals surface area contributed by atoms with Gasteiger partial charge in [0.2, 0.25) is 0 Å². The van der Waals surface area contributed by atoms with Crippen molar-refractivity contribution in [3.8, 4) is 0 Å². The smallest absolute Gasteiger partial charge is 0.0376 e. The number of unbranched alkanes of at least 4 members (excludes halogenated alkanes) is 1. The van der Waals surface area contributed by atoms with E-state index in [1.807, 2.05) is 0 Å². The van der Waals surface area contributed by atoms with E-state index in [4.69, 9.17) is 0 Å². The summed E-state index contributed by atoms with van der Waals surface area (Å²) in [6.07, 6.45) is 7.48. The van der Waals surface area contributed by atoms with E-state index >= 15 is 0 Å². The molecule has 4 atom stereocenters. The molecule has 1 aliphatic heterocycles. The molecule has 1 aliphatic rings. The SMILES string of the molecule is C=C(CC)CCCCC(C)C1C(C)C(=C)NC1(C)CC. The third-order valence-corrected chi connectivity index (χ3v) is 5.56. The zero-order chi connectivity index (χ0) is 15.3. The number of rotatable bonds is 8. The molecule has 0 bridgehead atoms. The molecule has 0 amide bonds. The summed E-state index contributed by atoms with van der Waals surface area (Å²) in [6.45, 7) is 20.0. The topological polar surface area (TPSA) is 12.0 Å². The predicted molar refractivity (Wildman–Crippen MR) is 90.7 cm³/mol. The monoisotopic (exact) mass is 277 g/mol. The maximum atomic E-state index is 4.22. The van der Waals surface area contributed by atoms with Gasteiger partial charge in [0.1, 0.15) is 0 Å². The van der Waals surface area contributed by atoms with Crippen molar-refractivity contribution >= 4 is 0 Å². The Morgan fingerprint density at radius 1 is 1.35 bits per heavy atom. The van der Waals surface area contributed by atoms with Gasteiger partial charge in [0.05, 0.1) is 0 Å². The minimum Gasteiger partial charge on any atom is -0.383 e. The van der Waals surface area contributed by atoms with E-state index in [2.05, 4.69) is 53.1 Å². The lowest BCUT2D eigenvalue weighted by Crippen LogP contribution is -2.43. The van der Waals surface area contributed by atoms with Crippen molar-refractivity contribution in [1.82, 2.24) is 5.32 Å². The van der Waals surface area contributed by atoms with Crippen LogP contribution in [0.2, 0.25) is 0 Å². The standard InChI is InChI=1S/C19H35N/c1-8-14(3)12-10-11-13-15(4)18-16(5)17(6)20-19(18,7)9-2/h15-16,18,20H,3,6,8-13H2,1-2,4-5,7H3. The van der Waals surface area contributed by atoms with Gasteiger partial charge in [-0.2, -0.15) is 0 Å². The van der Waals surface area contributed by atoms with Crippen LogP contribution in [-0.2, 0) is 0 Å². The molecule has 1 nitrogen and oxygen atoms in total. The van der Waals surface area contributed by atoms with Gasteiger partial charge in [-0.25, -0.2) is 0 Å². The first-order valence-electron chi connectivity index (χ1n) is 8.49. The van der Waals surface area contributed by atoms with Gasteiger partial charge in [-0.1, -0.05) is 59.3 Å². The lowest BCUT2D eigenvalue weighted by molar-refractivity contribution is 0.178. The summed E-state index contributed by atoms with van der Waals surface area (Å²) in [4.78, 5) is 0. The first-order chi connectivity index (χ1) is 9.35. The second-order valence-corrected chi connectivity index (χ2v) is 7.06. The van der Waals surface area contributed by atoms with Crippen LogP contribution in [0.3, 0.4) is 0 Å². The summed E-state index contributed by atoms with van der Waals surface area (Å²) in [5.74, 6) is 2.08. The van der Waals surface area contributed by atoms with Crippen LogP contribution >= 0.6 is 0 Å². The molecular weight excluding hydrogens is 242 g/mol. The Morgan fingerprint density at radius 3 is 2.55 bits per heavy atom. The van der Waals surface area contributed by atoms with Crippen molar-refractivity contribution in [2.45, 2.75) is 78.7 Å². The van der Waals surface area contributed by atoms with E-state index in [9.17, 15) is 0 Å². The molecule has 0 aliphatic carbocycles. The Balaban J connectivity index is 2.50. The van der Waals surface area contributed by atoms with Crippen molar-refractivity contribution in [3.63, 3.8) is 0 Å². The zero-order valence-corrected chi connectivity index (χ0v) is 14.4. The van der Waals surface area contributed by atoms with Gasteiger partial charge < -0.3 is 5.32 Å². The van der Waals surface area contributed by atoms with Crippen molar-refractivity contribution < 1.29 is 0 Å². The molecule has 0 radical (unpaired) electrons. The summed E-state index contributed by atoms with van der Waals surface area (Å²) in [6, 6.07) is 0. The van der Waals surface area contributed by atoms with Gasteiger partial charge in [0, 0.05) is 17.2 Å². The molecule has 0 aromatic carbocycles. The fraction of sp³-hybridized carbons (Fsp3) is 0.789. The number of hydrogen-bond donors (Lipinski definition) is 1. The Bertz CT molecular complexity index is 344. The third kappa shape index (κ3) is 3.90. The maximum Gasteiger partial charge on any atom is 0.0376 e. The average molecular weight is 277 g/mol. The molecule has 1 heteroatoms. The molecule has 0 spiro atoms. The Labute approximate surface area is 126 Å². The van der Waals surface area contributed by atoms with Crippen LogP contribution in [0, 0.1) is 17.8 Å². The lowest BCUT2D eigenvalue weighted by atomic mass is 9.71. The molecule has 1 fully saturated rings. The number of hydrogen-bond acceptors (Lipinski definition) is 1. The highest BCUT2D eigenvalue weighted by molar-refractivity contribution is 5.16. The van der Waals surface area contributed by atoms with Crippen molar-refractivity contribution in [2.24, 2.45) is 17.8 Å². The quantitative estimate of drug-likeness (QED) is 0.444. The van der Waals surface area contributed by atoms with Crippen LogP contribution in [0.4, 0.5) is 0 Å². The first-order valence-corrected chi connectivity index (χ1v) is 8.49. The molecule has 1 rings (SSSR count). The summed E-state index contributed by atoms with van der Waals surface area (Å²) in [5.41, 5.74) is 2.88. The van der Waals surface area contributed by atoms with Crippen molar-refractivity contribution in [3.05, 3.63) is 24.4 Å². The van der Waals surface area contributed by atoms with E-state index in [0.29, 0.717) is 5.92 Å². The molecule has 1 N–H and O–H groups in total. The zero-order valence-electron chi connectivity index (χ0n) is 14.4. The lowest BCUT2D eigenvalue weighted by Gasteiger charge is -2.36. The van der Waals surface area contributed by atoms with E-state index < -0.39 is 0 Å². The van der Waals surface area contributed by atoms with Crippen LogP contribution in [0.25, 0.3) is 0 Å². The summed E-state index contributed by atoms with van der Waals surface area (Å²) in [5, 5.41) is 3.67. The average Bonchev–Trinajstić information content (AvgIpc) is 2.65. The predicted octanol–water partition coefficient (Wildman–Crippen LogP) is 5.69. The minimum atomic E-state index is 0.239. The summed E-state index contributed by atoms with van der Waals surface area (Å²) >= 11 is 0. The van der Waals surface area contributed by atoms with Gasteiger partial charge in [0.25, 0.3) is 0 Å². The molecule has 20 heavy (non-hydrogen) atoms. The van der Waals surface area contributed by atoms with Gasteiger partial charge in [-0.3, -0.25) is 0 Å². The summed E-state index contributed by atoms with van der Waals surface area (Å²) < 4.78 is 0. The molecule has 1 heterocycles. The fourth-order valence-corrected chi connectivity index (χ4v) is 3.97. The van der Waals surface area contributed by atoms with Crippen LogP contribution in [0.1, 0.15) is 73.1 Å². The first kappa shape index (κ1) is 17.3. The molecule has 4 unspecified atom stereocenters. The molecule has 0 aromatic rings. The normalized spacial score (nSPS) is 31.1. The second kappa shape index (κ2) is 7.33. The molecular formula is C19H35N. The van der Waals surface area contributed by atoms with E-state index in [-0.39, 0.29) is 5.54 Å². The highest BCUT2D eigenvalue weighted by Gasteiger charge is 2.45. The molecule has 0 aromatic heterocycles. The van der Waals surface area contributed by atoms with E-state index in [1.165, 1.54) is 43.4 Å². The van der Waals surface area contributed by atoms with Crippen LogP contribution < -0.4 is 5.32 Å². The number of allylic oxidation sites excluding steroid dienone is 2. The highest BCUT2D eigenvalue weighted by atomic mass is 15.0. The van der Waals surface area contributed by atoms with Crippen molar-refractivity contribution in [1.29, 1.82) is 0 Å². The van der Waals surface area contributed by atoms with Gasteiger partial charge in [0.15, 0.2) is 0 Å². The van der Waals surface area contributed by atoms with Crippen molar-refractivity contribution in [2.75, 3.05) is 0 Å². The highest BCUT2D eigenvalue weighted by Crippen LogP contribution is 2.44. The van der Waals surface area contributed by atoms with Crippen LogP contribution in [0.15, 0.2) is 24.4 Å². The Kier molecular flexibility index (Phi) is 6.36. The third-order valence-electron chi connectivity index (χ3n) is 5.56. The van der Waals surface area contributed by atoms with Gasteiger partial charge in [-0.15, -0.1) is 0 Å². The van der Waals surface area contributed by atoms with Gasteiger partial charge >= 0.3 is 0 Å². The molecule has 116 valence electrons. The van der Waals surface area contributed by atoms with Crippen LogP contribution in [-0.4, -0.2) is 5.54 Å². The van der Waals surface area contributed by atoms with E-state index in [1.54, 1.807) is 0 Å². The molecule has 1 saturated heterocycles. The van der Waals surface area contributed by atoms with E-state index in [0.717, 1.165) is 18.3 Å².